The van der Waals surface area contributed by atoms with Gasteiger partial charge in [0.2, 0.25) is 0 Å². The number of nitrogens with two attached hydrogens (primary N) is 1. The van der Waals surface area contributed by atoms with Crippen LogP contribution < -0.4 is 5.73 Å². The van der Waals surface area contributed by atoms with Crippen molar-refractivity contribution in [1.82, 2.24) is 4.90 Å². The molecule has 0 radical (unpaired) electrons. The minimum atomic E-state index is 0.526. The Labute approximate surface area is 87.8 Å². The lowest BCUT2D eigenvalue weighted by atomic mass is 10.1. The SMILES string of the molecule is CCN(CC1(CN)CC1)C1CCCC1. The first-order valence-corrected chi connectivity index (χ1v) is 6.24. The summed E-state index contributed by atoms with van der Waals surface area (Å²) in [5.41, 5.74) is 6.37. The van der Waals surface area contributed by atoms with Crippen molar-refractivity contribution in [2.75, 3.05) is 19.6 Å². The Morgan fingerprint density at radius 3 is 2.36 bits per heavy atom. The second-order valence-corrected chi connectivity index (χ2v) is 5.21. The molecule has 0 aromatic heterocycles. The molecule has 2 nitrogen and oxygen atoms in total. The van der Waals surface area contributed by atoms with Gasteiger partial charge in [-0.05, 0) is 44.2 Å². The summed E-state index contributed by atoms with van der Waals surface area (Å²) in [5, 5.41) is 0. The standard InChI is InChI=1S/C12H24N2/c1-2-14(11-5-3-4-6-11)10-12(9-13)7-8-12/h11H,2-10,13H2,1H3. The molecule has 2 N–H and O–H groups in total. The summed E-state index contributed by atoms with van der Waals surface area (Å²) >= 11 is 0. The normalized spacial score (nSPS) is 25.9. The van der Waals surface area contributed by atoms with E-state index in [2.05, 4.69) is 11.8 Å². The molecule has 2 heteroatoms. The van der Waals surface area contributed by atoms with Gasteiger partial charge >= 0.3 is 0 Å². The highest BCUT2D eigenvalue weighted by Crippen LogP contribution is 2.45. The van der Waals surface area contributed by atoms with Crippen LogP contribution in [0.2, 0.25) is 0 Å². The summed E-state index contributed by atoms with van der Waals surface area (Å²) < 4.78 is 0. The molecule has 2 aliphatic rings. The molecule has 0 amide bonds. The summed E-state index contributed by atoms with van der Waals surface area (Å²) in [5.74, 6) is 0. The maximum absolute atomic E-state index is 5.84. The Bertz CT molecular complexity index is 181. The van der Waals surface area contributed by atoms with E-state index in [1.54, 1.807) is 0 Å². The molecule has 2 aliphatic carbocycles. The largest absolute Gasteiger partial charge is 0.330 e. The van der Waals surface area contributed by atoms with Gasteiger partial charge in [0, 0.05) is 12.6 Å². The number of rotatable bonds is 5. The lowest BCUT2D eigenvalue weighted by Crippen LogP contribution is -2.40. The van der Waals surface area contributed by atoms with Crippen molar-refractivity contribution in [2.45, 2.75) is 51.5 Å². The number of hydrogen-bond acceptors (Lipinski definition) is 2. The highest BCUT2D eigenvalue weighted by Gasteiger charge is 2.43. The first-order chi connectivity index (χ1) is 6.79. The predicted molar refractivity (Wildman–Crippen MR) is 60.2 cm³/mol. The third-order valence-electron chi connectivity index (χ3n) is 4.18. The van der Waals surface area contributed by atoms with Crippen molar-refractivity contribution in [2.24, 2.45) is 11.1 Å². The van der Waals surface area contributed by atoms with Crippen molar-refractivity contribution in [3.8, 4) is 0 Å². The molecular weight excluding hydrogens is 172 g/mol. The molecule has 0 bridgehead atoms. The van der Waals surface area contributed by atoms with E-state index in [1.807, 2.05) is 0 Å². The van der Waals surface area contributed by atoms with Crippen LogP contribution >= 0.6 is 0 Å². The molecule has 0 atom stereocenters. The molecular formula is C12H24N2. The van der Waals surface area contributed by atoms with Crippen LogP contribution in [0.1, 0.15) is 45.4 Å². The van der Waals surface area contributed by atoms with E-state index < -0.39 is 0 Å². The van der Waals surface area contributed by atoms with Gasteiger partial charge in [-0.2, -0.15) is 0 Å². The zero-order valence-electron chi connectivity index (χ0n) is 9.47. The Morgan fingerprint density at radius 2 is 1.93 bits per heavy atom. The van der Waals surface area contributed by atoms with Gasteiger partial charge in [-0.3, -0.25) is 0 Å². The van der Waals surface area contributed by atoms with Crippen molar-refractivity contribution in [3.63, 3.8) is 0 Å². The molecule has 0 heterocycles. The van der Waals surface area contributed by atoms with E-state index in [-0.39, 0.29) is 0 Å². The van der Waals surface area contributed by atoms with Crippen LogP contribution in [-0.4, -0.2) is 30.6 Å². The molecule has 2 rings (SSSR count). The molecule has 0 aromatic rings. The molecule has 2 fully saturated rings. The van der Waals surface area contributed by atoms with Crippen LogP contribution in [0, 0.1) is 5.41 Å². The predicted octanol–water partition coefficient (Wildman–Crippen LogP) is 1.99. The smallest absolute Gasteiger partial charge is 0.00953 e. The van der Waals surface area contributed by atoms with Gasteiger partial charge in [0.25, 0.3) is 0 Å². The van der Waals surface area contributed by atoms with Crippen molar-refractivity contribution < 1.29 is 0 Å². The van der Waals surface area contributed by atoms with E-state index in [0.29, 0.717) is 5.41 Å². The fourth-order valence-corrected chi connectivity index (χ4v) is 2.80. The summed E-state index contributed by atoms with van der Waals surface area (Å²) in [6.07, 6.45) is 8.47. The van der Waals surface area contributed by atoms with Gasteiger partial charge in [0.05, 0.1) is 0 Å². The van der Waals surface area contributed by atoms with Gasteiger partial charge in [-0.25, -0.2) is 0 Å². The van der Waals surface area contributed by atoms with Gasteiger partial charge in [0.15, 0.2) is 0 Å². The fourth-order valence-electron chi connectivity index (χ4n) is 2.80. The second-order valence-electron chi connectivity index (χ2n) is 5.21. The van der Waals surface area contributed by atoms with Crippen LogP contribution in [0.3, 0.4) is 0 Å². The summed E-state index contributed by atoms with van der Waals surface area (Å²) in [6.45, 7) is 5.68. The molecule has 0 aliphatic heterocycles. The number of hydrogen-bond donors (Lipinski definition) is 1. The Morgan fingerprint density at radius 1 is 1.29 bits per heavy atom. The molecule has 2 saturated carbocycles. The van der Waals surface area contributed by atoms with E-state index in [4.69, 9.17) is 5.73 Å². The zero-order valence-corrected chi connectivity index (χ0v) is 9.47. The third-order valence-corrected chi connectivity index (χ3v) is 4.18. The van der Waals surface area contributed by atoms with Gasteiger partial charge in [-0.15, -0.1) is 0 Å². The van der Waals surface area contributed by atoms with Crippen LogP contribution in [0.5, 0.6) is 0 Å². The Balaban J connectivity index is 1.86. The van der Waals surface area contributed by atoms with E-state index >= 15 is 0 Å². The molecule has 0 unspecified atom stereocenters. The highest BCUT2D eigenvalue weighted by molar-refractivity contribution is 4.97. The maximum Gasteiger partial charge on any atom is 0.00953 e. The van der Waals surface area contributed by atoms with Crippen LogP contribution in [0.4, 0.5) is 0 Å². The Kier molecular flexibility index (Phi) is 3.13. The zero-order chi connectivity index (χ0) is 10.0. The van der Waals surface area contributed by atoms with E-state index in [0.717, 1.165) is 12.6 Å². The van der Waals surface area contributed by atoms with Crippen LogP contribution in [0.15, 0.2) is 0 Å². The molecule has 0 spiro atoms. The van der Waals surface area contributed by atoms with Crippen molar-refractivity contribution in [1.29, 1.82) is 0 Å². The minimum absolute atomic E-state index is 0.526. The van der Waals surface area contributed by atoms with E-state index in [1.165, 1.54) is 51.6 Å². The van der Waals surface area contributed by atoms with Gasteiger partial charge in [0.1, 0.15) is 0 Å². The third kappa shape index (κ3) is 2.12. The summed E-state index contributed by atoms with van der Waals surface area (Å²) in [6, 6.07) is 0.879. The monoisotopic (exact) mass is 196 g/mol. The highest BCUT2D eigenvalue weighted by atomic mass is 15.2. The second kappa shape index (κ2) is 4.19. The molecule has 0 saturated heterocycles. The van der Waals surface area contributed by atoms with Crippen molar-refractivity contribution >= 4 is 0 Å². The van der Waals surface area contributed by atoms with Crippen molar-refractivity contribution in [3.05, 3.63) is 0 Å². The van der Waals surface area contributed by atoms with Crippen LogP contribution in [0.25, 0.3) is 0 Å². The molecule has 0 aromatic carbocycles. The molecule has 82 valence electrons. The summed E-state index contributed by atoms with van der Waals surface area (Å²) in [7, 11) is 0. The average molecular weight is 196 g/mol. The lowest BCUT2D eigenvalue weighted by Gasteiger charge is -2.31. The minimum Gasteiger partial charge on any atom is -0.330 e. The maximum atomic E-state index is 5.84. The van der Waals surface area contributed by atoms with E-state index in [9.17, 15) is 0 Å². The average Bonchev–Trinajstić information content (AvgIpc) is 2.78. The number of nitrogens with zero attached hydrogens (tertiary/aromatic N) is 1. The quantitative estimate of drug-likeness (QED) is 0.728. The molecule has 14 heavy (non-hydrogen) atoms. The van der Waals surface area contributed by atoms with Gasteiger partial charge < -0.3 is 10.6 Å². The Hall–Kier alpha value is -0.0800. The summed E-state index contributed by atoms with van der Waals surface area (Å²) in [4.78, 5) is 2.69. The topological polar surface area (TPSA) is 29.3 Å². The first-order valence-electron chi connectivity index (χ1n) is 6.24. The van der Waals surface area contributed by atoms with Crippen LogP contribution in [-0.2, 0) is 0 Å². The van der Waals surface area contributed by atoms with Gasteiger partial charge in [-0.1, -0.05) is 19.8 Å². The first kappa shape index (κ1) is 10.4. The fraction of sp³-hybridized carbons (Fsp3) is 1.00. The lowest BCUT2D eigenvalue weighted by molar-refractivity contribution is 0.170.